The molecular formula is C24H29N3O2. The standard InChI is InChI=1S/C24H29N3O2/c25-23(28)20-11-13-27(14-12-20)16-17-3-1-6-22(15-17)26-24(29)21-9-7-19(8-10-21)18-4-2-5-18/h1,3,6-10,15,18,20H,2,4-5,11-14,16H2,(H2,25,28)(H,26,29). The van der Waals surface area contributed by atoms with Gasteiger partial charge in [0.15, 0.2) is 0 Å². The van der Waals surface area contributed by atoms with E-state index in [1.54, 1.807) is 0 Å². The minimum absolute atomic E-state index is 0.00699. The van der Waals surface area contributed by atoms with Crippen LogP contribution in [0.1, 0.15) is 59.5 Å². The van der Waals surface area contributed by atoms with Crippen molar-refractivity contribution in [2.24, 2.45) is 11.7 Å². The monoisotopic (exact) mass is 391 g/mol. The molecule has 1 heterocycles. The molecule has 4 rings (SSSR count). The van der Waals surface area contributed by atoms with Crippen LogP contribution in [0.5, 0.6) is 0 Å². The molecule has 1 aliphatic heterocycles. The lowest BCUT2D eigenvalue weighted by atomic mass is 9.80. The van der Waals surface area contributed by atoms with Crippen molar-refractivity contribution in [1.29, 1.82) is 0 Å². The molecule has 5 nitrogen and oxygen atoms in total. The van der Waals surface area contributed by atoms with E-state index in [9.17, 15) is 9.59 Å². The molecule has 2 aromatic carbocycles. The molecule has 1 saturated heterocycles. The maximum absolute atomic E-state index is 12.6. The molecule has 2 amide bonds. The number of piperidine rings is 1. The molecule has 5 heteroatoms. The number of nitrogens with zero attached hydrogens (tertiary/aromatic N) is 1. The van der Waals surface area contributed by atoms with E-state index in [4.69, 9.17) is 5.73 Å². The highest BCUT2D eigenvalue weighted by molar-refractivity contribution is 6.04. The summed E-state index contributed by atoms with van der Waals surface area (Å²) in [5, 5.41) is 3.02. The Bertz CT molecular complexity index is 866. The SMILES string of the molecule is NC(=O)C1CCN(Cc2cccc(NC(=O)c3ccc(C4CCC4)cc3)c2)CC1. The van der Waals surface area contributed by atoms with Crippen LogP contribution in [0.2, 0.25) is 0 Å². The van der Waals surface area contributed by atoms with Crippen LogP contribution in [0, 0.1) is 5.92 Å². The molecule has 0 atom stereocenters. The van der Waals surface area contributed by atoms with Gasteiger partial charge in [-0.2, -0.15) is 0 Å². The summed E-state index contributed by atoms with van der Waals surface area (Å²) in [6, 6.07) is 16.0. The van der Waals surface area contributed by atoms with Crippen LogP contribution < -0.4 is 11.1 Å². The summed E-state index contributed by atoms with van der Waals surface area (Å²) >= 11 is 0. The van der Waals surface area contributed by atoms with Crippen LogP contribution in [0.3, 0.4) is 0 Å². The number of amides is 2. The van der Waals surface area contributed by atoms with Crippen molar-refractivity contribution in [1.82, 2.24) is 4.90 Å². The van der Waals surface area contributed by atoms with E-state index in [1.807, 2.05) is 30.3 Å². The number of anilines is 1. The molecule has 0 aromatic heterocycles. The zero-order valence-corrected chi connectivity index (χ0v) is 16.8. The van der Waals surface area contributed by atoms with E-state index in [1.165, 1.54) is 24.8 Å². The van der Waals surface area contributed by atoms with Crippen LogP contribution in [0.4, 0.5) is 5.69 Å². The number of rotatable bonds is 6. The van der Waals surface area contributed by atoms with E-state index >= 15 is 0 Å². The first kappa shape index (κ1) is 19.6. The van der Waals surface area contributed by atoms with E-state index < -0.39 is 0 Å². The molecule has 29 heavy (non-hydrogen) atoms. The molecule has 152 valence electrons. The normalized spacial score (nSPS) is 18.2. The highest BCUT2D eigenvalue weighted by Crippen LogP contribution is 2.36. The molecule has 0 spiro atoms. The topological polar surface area (TPSA) is 75.4 Å². The van der Waals surface area contributed by atoms with Crippen LogP contribution >= 0.6 is 0 Å². The van der Waals surface area contributed by atoms with Crippen LogP contribution in [-0.4, -0.2) is 29.8 Å². The average molecular weight is 392 g/mol. The highest BCUT2D eigenvalue weighted by Gasteiger charge is 2.23. The fraction of sp³-hybridized carbons (Fsp3) is 0.417. The predicted molar refractivity (Wildman–Crippen MR) is 115 cm³/mol. The van der Waals surface area contributed by atoms with E-state index in [0.29, 0.717) is 11.5 Å². The number of nitrogens with two attached hydrogens (primary N) is 1. The first-order valence-electron chi connectivity index (χ1n) is 10.6. The smallest absolute Gasteiger partial charge is 0.255 e. The second-order valence-corrected chi connectivity index (χ2v) is 8.36. The minimum Gasteiger partial charge on any atom is -0.369 e. The average Bonchev–Trinajstić information content (AvgIpc) is 2.68. The van der Waals surface area contributed by atoms with Crippen molar-refractivity contribution >= 4 is 17.5 Å². The molecule has 0 unspecified atom stereocenters. The predicted octanol–water partition coefficient (Wildman–Crippen LogP) is 3.90. The van der Waals surface area contributed by atoms with Gasteiger partial charge in [0.2, 0.25) is 5.91 Å². The van der Waals surface area contributed by atoms with Gasteiger partial charge in [-0.15, -0.1) is 0 Å². The summed E-state index contributed by atoms with van der Waals surface area (Å²) in [5.41, 5.74) is 9.41. The summed E-state index contributed by atoms with van der Waals surface area (Å²) in [5.74, 6) is 0.420. The Kier molecular flexibility index (Phi) is 5.95. The summed E-state index contributed by atoms with van der Waals surface area (Å²) in [7, 11) is 0. The Morgan fingerprint density at radius 3 is 2.34 bits per heavy atom. The third kappa shape index (κ3) is 4.85. The Balaban J connectivity index is 1.33. The van der Waals surface area contributed by atoms with Gasteiger partial charge in [-0.25, -0.2) is 0 Å². The molecule has 2 aromatic rings. The van der Waals surface area contributed by atoms with Crippen molar-refractivity contribution in [3.05, 3.63) is 65.2 Å². The largest absolute Gasteiger partial charge is 0.369 e. The Labute approximate surface area is 172 Å². The van der Waals surface area contributed by atoms with Gasteiger partial charge in [0, 0.05) is 23.7 Å². The summed E-state index contributed by atoms with van der Waals surface area (Å²) < 4.78 is 0. The maximum Gasteiger partial charge on any atom is 0.255 e. The molecule has 2 aliphatic rings. The molecule has 1 saturated carbocycles. The van der Waals surface area contributed by atoms with Crippen molar-refractivity contribution in [2.45, 2.75) is 44.6 Å². The second-order valence-electron chi connectivity index (χ2n) is 8.36. The zero-order valence-electron chi connectivity index (χ0n) is 16.8. The molecule has 0 radical (unpaired) electrons. The Morgan fingerprint density at radius 1 is 1.00 bits per heavy atom. The van der Waals surface area contributed by atoms with Gasteiger partial charge in [0.25, 0.3) is 5.91 Å². The van der Waals surface area contributed by atoms with Gasteiger partial charge in [0.1, 0.15) is 0 Å². The lowest BCUT2D eigenvalue weighted by molar-refractivity contribution is -0.123. The minimum atomic E-state index is -0.185. The number of carbonyl (C=O) groups is 2. The fourth-order valence-corrected chi connectivity index (χ4v) is 4.23. The van der Waals surface area contributed by atoms with Gasteiger partial charge in [0.05, 0.1) is 0 Å². The molecule has 2 fully saturated rings. The number of likely N-dealkylation sites (tertiary alicyclic amines) is 1. The summed E-state index contributed by atoms with van der Waals surface area (Å²) in [6.45, 7) is 2.56. The van der Waals surface area contributed by atoms with Gasteiger partial charge >= 0.3 is 0 Å². The third-order valence-electron chi connectivity index (χ3n) is 6.33. The molecule has 3 N–H and O–H groups in total. The first-order valence-corrected chi connectivity index (χ1v) is 10.6. The summed E-state index contributed by atoms with van der Waals surface area (Å²) in [6.07, 6.45) is 5.48. The van der Waals surface area contributed by atoms with Crippen molar-refractivity contribution in [3.8, 4) is 0 Å². The highest BCUT2D eigenvalue weighted by atomic mass is 16.2. The van der Waals surface area contributed by atoms with E-state index in [-0.39, 0.29) is 17.7 Å². The molecule has 0 bridgehead atoms. The van der Waals surface area contributed by atoms with Gasteiger partial charge < -0.3 is 11.1 Å². The van der Waals surface area contributed by atoms with Crippen LogP contribution in [0.25, 0.3) is 0 Å². The number of nitrogens with one attached hydrogen (secondary N) is 1. The molecule has 1 aliphatic carbocycles. The van der Waals surface area contributed by atoms with Gasteiger partial charge in [-0.1, -0.05) is 30.7 Å². The number of benzene rings is 2. The number of carbonyl (C=O) groups excluding carboxylic acids is 2. The van der Waals surface area contributed by atoms with Crippen molar-refractivity contribution in [3.63, 3.8) is 0 Å². The Morgan fingerprint density at radius 2 is 1.72 bits per heavy atom. The maximum atomic E-state index is 12.6. The first-order chi connectivity index (χ1) is 14.1. The third-order valence-corrected chi connectivity index (χ3v) is 6.33. The quantitative estimate of drug-likeness (QED) is 0.784. The number of primary amides is 1. The number of hydrogen-bond donors (Lipinski definition) is 2. The van der Waals surface area contributed by atoms with Crippen LogP contribution in [0.15, 0.2) is 48.5 Å². The van der Waals surface area contributed by atoms with Gasteiger partial charge in [-0.3, -0.25) is 14.5 Å². The van der Waals surface area contributed by atoms with Gasteiger partial charge in [-0.05, 0) is 80.1 Å². The Hall–Kier alpha value is -2.66. The molecular weight excluding hydrogens is 362 g/mol. The second kappa shape index (κ2) is 8.78. The van der Waals surface area contributed by atoms with Crippen molar-refractivity contribution in [2.75, 3.05) is 18.4 Å². The van der Waals surface area contributed by atoms with Crippen LogP contribution in [-0.2, 0) is 11.3 Å². The lowest BCUT2D eigenvalue weighted by Gasteiger charge is -2.30. The summed E-state index contributed by atoms with van der Waals surface area (Å²) in [4.78, 5) is 26.3. The van der Waals surface area contributed by atoms with Crippen molar-refractivity contribution < 1.29 is 9.59 Å². The zero-order chi connectivity index (χ0) is 20.2. The van der Waals surface area contributed by atoms with E-state index in [2.05, 4.69) is 28.4 Å². The lowest BCUT2D eigenvalue weighted by Crippen LogP contribution is -2.38. The fourth-order valence-electron chi connectivity index (χ4n) is 4.23. The number of hydrogen-bond acceptors (Lipinski definition) is 3. The van der Waals surface area contributed by atoms with E-state index in [0.717, 1.165) is 43.7 Å².